The molecule has 0 aliphatic heterocycles. The van der Waals surface area contributed by atoms with Crippen molar-refractivity contribution in [1.82, 2.24) is 4.57 Å². The van der Waals surface area contributed by atoms with E-state index in [-0.39, 0.29) is 27.9 Å². The molecule has 0 fully saturated rings. The summed E-state index contributed by atoms with van der Waals surface area (Å²) in [6.45, 7) is 12.1. The van der Waals surface area contributed by atoms with Crippen LogP contribution in [0.2, 0.25) is 0 Å². The molecule has 0 unspecified atom stereocenters. The third-order valence-corrected chi connectivity index (χ3v) is 3.63. The molecule has 0 radical (unpaired) electrons. The van der Waals surface area contributed by atoms with Crippen molar-refractivity contribution in [3.8, 4) is 11.5 Å². The maximum atomic E-state index is 12.7. The van der Waals surface area contributed by atoms with E-state index < -0.39 is 0 Å². The lowest BCUT2D eigenvalue weighted by molar-refractivity contribution is 0.395. The number of nitrogens with zero attached hydrogens (tertiary/aromatic N) is 1. The predicted molar refractivity (Wildman–Crippen MR) is 85.2 cm³/mol. The van der Waals surface area contributed by atoms with Crippen LogP contribution in [0.25, 0.3) is 10.9 Å². The van der Waals surface area contributed by atoms with Crippen LogP contribution >= 0.6 is 0 Å². The highest BCUT2D eigenvalue weighted by Crippen LogP contribution is 2.33. The summed E-state index contributed by atoms with van der Waals surface area (Å²) in [4.78, 5) is 12.7. The van der Waals surface area contributed by atoms with Gasteiger partial charge in [0.15, 0.2) is 16.9 Å². The molecule has 0 bridgehead atoms. The van der Waals surface area contributed by atoms with Gasteiger partial charge in [-0.25, -0.2) is 0 Å². The summed E-state index contributed by atoms with van der Waals surface area (Å²) in [7, 11) is 0. The second kappa shape index (κ2) is 4.52. The molecular formula is C17H23NO3. The number of fused-ring (bicyclic) bond motifs is 1. The lowest BCUT2D eigenvalue weighted by atomic mass is 9.86. The van der Waals surface area contributed by atoms with Crippen molar-refractivity contribution in [1.29, 1.82) is 0 Å². The zero-order valence-electron chi connectivity index (χ0n) is 13.5. The van der Waals surface area contributed by atoms with Crippen molar-refractivity contribution in [2.45, 2.75) is 52.5 Å². The second-order valence-corrected chi connectivity index (χ2v) is 7.52. The van der Waals surface area contributed by atoms with E-state index in [4.69, 9.17) is 0 Å². The normalized spacial score (nSPS) is 12.9. The van der Waals surface area contributed by atoms with Crippen LogP contribution in [-0.4, -0.2) is 14.8 Å². The summed E-state index contributed by atoms with van der Waals surface area (Å²) >= 11 is 0. The summed E-state index contributed by atoms with van der Waals surface area (Å²) in [5.41, 5.74) is 0.653. The number of benzene rings is 1. The second-order valence-electron chi connectivity index (χ2n) is 7.52. The highest BCUT2D eigenvalue weighted by molar-refractivity contribution is 5.83. The van der Waals surface area contributed by atoms with E-state index >= 15 is 0 Å². The third kappa shape index (κ3) is 2.62. The highest BCUT2D eigenvalue weighted by Gasteiger charge is 2.24. The summed E-state index contributed by atoms with van der Waals surface area (Å²) in [5, 5.41) is 19.9. The lowest BCUT2D eigenvalue weighted by Gasteiger charge is -2.29. The Labute approximate surface area is 124 Å². The molecule has 1 aromatic heterocycles. The molecule has 0 aliphatic carbocycles. The molecule has 2 rings (SSSR count). The fourth-order valence-electron chi connectivity index (χ4n) is 2.44. The monoisotopic (exact) mass is 289 g/mol. The Kier molecular flexibility index (Phi) is 3.32. The van der Waals surface area contributed by atoms with Gasteiger partial charge in [-0.15, -0.1) is 0 Å². The van der Waals surface area contributed by atoms with Crippen LogP contribution in [0.1, 0.15) is 47.1 Å². The first-order valence-electron chi connectivity index (χ1n) is 7.05. The van der Waals surface area contributed by atoms with E-state index in [0.717, 1.165) is 0 Å². The molecule has 114 valence electrons. The minimum absolute atomic E-state index is 0.103. The fraction of sp³-hybridized carbons (Fsp3) is 0.471. The van der Waals surface area contributed by atoms with Gasteiger partial charge in [-0.3, -0.25) is 4.79 Å². The van der Waals surface area contributed by atoms with Gasteiger partial charge in [-0.05, 0) is 32.3 Å². The number of pyridine rings is 1. The predicted octanol–water partition coefficient (Wildman–Crippen LogP) is 3.47. The molecular weight excluding hydrogens is 266 g/mol. The maximum Gasteiger partial charge on any atom is 0.193 e. The highest BCUT2D eigenvalue weighted by atomic mass is 16.3. The van der Waals surface area contributed by atoms with E-state index in [2.05, 4.69) is 0 Å². The molecule has 2 aromatic rings. The van der Waals surface area contributed by atoms with E-state index in [9.17, 15) is 15.0 Å². The average molecular weight is 289 g/mol. The van der Waals surface area contributed by atoms with Crippen LogP contribution in [0.3, 0.4) is 0 Å². The minimum atomic E-state index is -0.300. The summed E-state index contributed by atoms with van der Waals surface area (Å²) in [5.74, 6) is -0.491. The maximum absolute atomic E-state index is 12.7. The third-order valence-electron chi connectivity index (χ3n) is 3.63. The van der Waals surface area contributed by atoms with E-state index in [1.807, 2.05) is 52.3 Å². The van der Waals surface area contributed by atoms with Crippen molar-refractivity contribution in [3.63, 3.8) is 0 Å². The van der Waals surface area contributed by atoms with Crippen molar-refractivity contribution < 1.29 is 10.2 Å². The van der Waals surface area contributed by atoms with Crippen LogP contribution in [0, 0.1) is 0 Å². The zero-order valence-corrected chi connectivity index (χ0v) is 13.5. The quantitative estimate of drug-likeness (QED) is 0.730. The molecule has 1 heterocycles. The molecule has 0 amide bonds. The smallest absolute Gasteiger partial charge is 0.193 e. The van der Waals surface area contributed by atoms with Crippen LogP contribution in [0.5, 0.6) is 11.5 Å². The SMILES string of the molecule is CC(C)(C)c1cn(C(C)(C)C)c2cc(O)c(O)cc2c1=O. The summed E-state index contributed by atoms with van der Waals surface area (Å²) in [6, 6.07) is 2.80. The summed E-state index contributed by atoms with van der Waals surface area (Å²) in [6.07, 6.45) is 1.86. The molecule has 4 nitrogen and oxygen atoms in total. The molecule has 0 saturated heterocycles. The summed E-state index contributed by atoms with van der Waals surface area (Å²) < 4.78 is 1.98. The molecule has 0 aliphatic rings. The number of rotatable bonds is 0. The van der Waals surface area contributed by atoms with Crippen LogP contribution in [-0.2, 0) is 11.0 Å². The number of aromatic hydroxyl groups is 2. The standard InChI is InChI=1S/C17H23NO3/c1-16(2,3)11-9-18(17(4,5)6)12-8-14(20)13(19)7-10(12)15(11)21/h7-9,19-20H,1-6H3. The molecule has 0 atom stereocenters. The number of phenolic OH excluding ortho intramolecular Hbond substituents is 2. The van der Waals surface area contributed by atoms with Crippen molar-refractivity contribution in [2.75, 3.05) is 0 Å². The van der Waals surface area contributed by atoms with E-state index in [1.54, 1.807) is 0 Å². The largest absolute Gasteiger partial charge is 0.504 e. The molecule has 0 spiro atoms. The minimum Gasteiger partial charge on any atom is -0.504 e. The molecule has 21 heavy (non-hydrogen) atoms. The fourth-order valence-corrected chi connectivity index (χ4v) is 2.44. The van der Waals surface area contributed by atoms with Crippen LogP contribution < -0.4 is 5.43 Å². The first kappa shape index (κ1) is 15.4. The molecule has 2 N–H and O–H groups in total. The molecule has 4 heteroatoms. The molecule has 1 aromatic carbocycles. The molecule has 0 saturated carbocycles. The van der Waals surface area contributed by atoms with Crippen LogP contribution in [0.15, 0.2) is 23.1 Å². The average Bonchev–Trinajstić information content (AvgIpc) is 2.28. The van der Waals surface area contributed by atoms with Gasteiger partial charge < -0.3 is 14.8 Å². The van der Waals surface area contributed by atoms with Gasteiger partial charge in [0.1, 0.15) is 0 Å². The Balaban J connectivity index is 3.05. The van der Waals surface area contributed by atoms with Gasteiger partial charge in [0.25, 0.3) is 0 Å². The number of aromatic nitrogens is 1. The van der Waals surface area contributed by atoms with Crippen molar-refractivity contribution in [3.05, 3.63) is 34.1 Å². The van der Waals surface area contributed by atoms with Gasteiger partial charge in [-0.2, -0.15) is 0 Å². The van der Waals surface area contributed by atoms with Crippen LogP contribution in [0.4, 0.5) is 0 Å². The van der Waals surface area contributed by atoms with Gasteiger partial charge in [0.2, 0.25) is 0 Å². The van der Waals surface area contributed by atoms with Crippen molar-refractivity contribution in [2.24, 2.45) is 0 Å². The first-order chi connectivity index (χ1) is 9.43. The Morgan fingerprint density at radius 3 is 1.95 bits per heavy atom. The Hall–Kier alpha value is -1.97. The van der Waals surface area contributed by atoms with Gasteiger partial charge >= 0.3 is 0 Å². The topological polar surface area (TPSA) is 62.5 Å². The van der Waals surface area contributed by atoms with Gasteiger partial charge in [0, 0.05) is 28.8 Å². The Morgan fingerprint density at radius 2 is 1.48 bits per heavy atom. The van der Waals surface area contributed by atoms with Crippen molar-refractivity contribution >= 4 is 10.9 Å². The first-order valence-corrected chi connectivity index (χ1v) is 7.05. The van der Waals surface area contributed by atoms with E-state index in [1.165, 1.54) is 12.1 Å². The number of hydrogen-bond acceptors (Lipinski definition) is 3. The zero-order chi connectivity index (χ0) is 16.2. The van der Waals surface area contributed by atoms with E-state index in [0.29, 0.717) is 16.5 Å². The number of hydrogen-bond donors (Lipinski definition) is 2. The lowest BCUT2D eigenvalue weighted by Crippen LogP contribution is -2.30. The Bertz CT molecular complexity index is 759. The Morgan fingerprint density at radius 1 is 0.952 bits per heavy atom. The van der Waals surface area contributed by atoms with Gasteiger partial charge in [0.05, 0.1) is 5.52 Å². The van der Waals surface area contributed by atoms with Gasteiger partial charge in [-0.1, -0.05) is 20.8 Å². The number of phenols is 2.